The van der Waals surface area contributed by atoms with Crippen molar-refractivity contribution in [2.75, 3.05) is 31.7 Å². The SMILES string of the molecule is CCOC1=NN(N[C@@H]2CCN(c3nccnn3)C2)C(CC(N)=O)(c2cccc(OC)c2)S1. The number of methoxy groups -OCH3 is 1. The van der Waals surface area contributed by atoms with E-state index in [9.17, 15) is 4.79 Å². The summed E-state index contributed by atoms with van der Waals surface area (Å²) >= 11 is 1.36. The Morgan fingerprint density at radius 2 is 2.28 bits per heavy atom. The maximum absolute atomic E-state index is 12.2. The van der Waals surface area contributed by atoms with Crippen molar-refractivity contribution in [1.29, 1.82) is 0 Å². The summed E-state index contributed by atoms with van der Waals surface area (Å²) in [5, 5.41) is 14.8. The second kappa shape index (κ2) is 9.57. The number of primary amides is 1. The molecule has 3 N–H and O–H groups in total. The van der Waals surface area contributed by atoms with Crippen molar-refractivity contribution in [2.45, 2.75) is 30.7 Å². The molecule has 0 radical (unpaired) electrons. The maximum atomic E-state index is 12.2. The molecule has 32 heavy (non-hydrogen) atoms. The molecule has 1 unspecified atom stereocenters. The Labute approximate surface area is 190 Å². The number of carbonyl (C=O) groups is 1. The lowest BCUT2D eigenvalue weighted by atomic mass is 10.0. The molecule has 2 atom stereocenters. The average Bonchev–Trinajstić information content (AvgIpc) is 3.40. The lowest BCUT2D eigenvalue weighted by molar-refractivity contribution is -0.120. The van der Waals surface area contributed by atoms with E-state index in [2.05, 4.69) is 30.6 Å². The van der Waals surface area contributed by atoms with E-state index in [1.807, 2.05) is 31.2 Å². The number of benzene rings is 1. The summed E-state index contributed by atoms with van der Waals surface area (Å²) in [4.78, 5) is 17.6. The van der Waals surface area contributed by atoms with Crippen LogP contribution in [0.1, 0.15) is 25.3 Å². The molecule has 11 nitrogen and oxygen atoms in total. The summed E-state index contributed by atoms with van der Waals surface area (Å²) in [6.07, 6.45) is 4.04. The van der Waals surface area contributed by atoms with Crippen LogP contribution in [0.15, 0.2) is 41.8 Å². The van der Waals surface area contributed by atoms with Crippen molar-refractivity contribution >= 4 is 28.8 Å². The Bertz CT molecular complexity index is 978. The highest BCUT2D eigenvalue weighted by atomic mass is 32.2. The van der Waals surface area contributed by atoms with E-state index in [0.29, 0.717) is 30.1 Å². The van der Waals surface area contributed by atoms with E-state index in [-0.39, 0.29) is 12.5 Å². The van der Waals surface area contributed by atoms with Crippen LogP contribution < -0.4 is 20.8 Å². The van der Waals surface area contributed by atoms with Crippen LogP contribution in [-0.4, -0.2) is 64.3 Å². The molecule has 1 amide bonds. The molecule has 3 heterocycles. The molecule has 0 saturated carbocycles. The second-order valence-corrected chi connectivity index (χ2v) is 8.60. The number of hydrogen-bond donors (Lipinski definition) is 2. The summed E-state index contributed by atoms with van der Waals surface area (Å²) in [6, 6.07) is 7.60. The Hall–Kier alpha value is -3.12. The van der Waals surface area contributed by atoms with Crippen molar-refractivity contribution in [3.8, 4) is 5.75 Å². The number of carbonyl (C=O) groups excluding carboxylic acids is 1. The van der Waals surface area contributed by atoms with Crippen LogP contribution in [-0.2, 0) is 14.4 Å². The summed E-state index contributed by atoms with van der Waals surface area (Å²) in [5.41, 5.74) is 10.00. The summed E-state index contributed by atoms with van der Waals surface area (Å²) in [6.45, 7) is 3.79. The van der Waals surface area contributed by atoms with E-state index in [1.165, 1.54) is 11.8 Å². The van der Waals surface area contributed by atoms with Crippen molar-refractivity contribution < 1.29 is 14.3 Å². The largest absolute Gasteiger partial charge is 0.497 e. The van der Waals surface area contributed by atoms with E-state index in [4.69, 9.17) is 15.2 Å². The predicted molar refractivity (Wildman–Crippen MR) is 121 cm³/mol. The number of rotatable bonds is 8. The minimum atomic E-state index is -0.914. The summed E-state index contributed by atoms with van der Waals surface area (Å²) in [7, 11) is 1.60. The van der Waals surface area contributed by atoms with Crippen LogP contribution in [0.5, 0.6) is 5.75 Å². The van der Waals surface area contributed by atoms with Gasteiger partial charge in [0, 0.05) is 19.1 Å². The van der Waals surface area contributed by atoms with E-state index in [1.54, 1.807) is 24.6 Å². The van der Waals surface area contributed by atoms with Gasteiger partial charge in [0.25, 0.3) is 5.23 Å². The zero-order valence-corrected chi connectivity index (χ0v) is 18.8. The minimum absolute atomic E-state index is 0.0278. The number of hydrazine groups is 1. The first-order valence-electron chi connectivity index (χ1n) is 10.3. The van der Waals surface area contributed by atoms with Gasteiger partial charge in [0.1, 0.15) is 5.75 Å². The molecule has 0 aliphatic carbocycles. The molecular weight excluding hydrogens is 432 g/mol. The fourth-order valence-electron chi connectivity index (χ4n) is 3.79. The monoisotopic (exact) mass is 458 g/mol. The van der Waals surface area contributed by atoms with Gasteiger partial charge < -0.3 is 20.1 Å². The molecule has 12 heteroatoms. The van der Waals surface area contributed by atoms with Crippen molar-refractivity contribution in [2.24, 2.45) is 10.8 Å². The molecule has 2 aliphatic heterocycles. The van der Waals surface area contributed by atoms with Gasteiger partial charge in [0.05, 0.1) is 32.5 Å². The lowest BCUT2D eigenvalue weighted by Crippen LogP contribution is -2.52. The highest BCUT2D eigenvalue weighted by molar-refractivity contribution is 8.14. The number of hydrogen-bond acceptors (Lipinski definition) is 11. The molecule has 2 aromatic rings. The zero-order valence-electron chi connectivity index (χ0n) is 18.0. The molecule has 1 aromatic carbocycles. The third kappa shape index (κ3) is 4.55. The zero-order chi connectivity index (χ0) is 22.6. The van der Waals surface area contributed by atoms with Crippen LogP contribution in [0.3, 0.4) is 0 Å². The average molecular weight is 459 g/mol. The number of anilines is 1. The number of nitrogens with two attached hydrogens (primary N) is 1. The van der Waals surface area contributed by atoms with Gasteiger partial charge in [0.15, 0.2) is 4.87 Å². The first-order chi connectivity index (χ1) is 15.5. The van der Waals surface area contributed by atoms with Crippen molar-refractivity contribution in [1.82, 2.24) is 25.7 Å². The number of amides is 1. The molecule has 0 bridgehead atoms. The van der Waals surface area contributed by atoms with Gasteiger partial charge in [-0.1, -0.05) is 12.1 Å². The number of ether oxygens (including phenoxy) is 2. The highest BCUT2D eigenvalue weighted by Gasteiger charge is 2.49. The fraction of sp³-hybridized carbons (Fsp3) is 0.450. The van der Waals surface area contributed by atoms with E-state index >= 15 is 0 Å². The lowest BCUT2D eigenvalue weighted by Gasteiger charge is -2.37. The third-order valence-corrected chi connectivity index (χ3v) is 6.49. The van der Waals surface area contributed by atoms with Crippen LogP contribution >= 0.6 is 11.8 Å². The van der Waals surface area contributed by atoms with E-state index in [0.717, 1.165) is 18.5 Å². The van der Waals surface area contributed by atoms with Gasteiger partial charge in [-0.05, 0) is 42.8 Å². The molecule has 1 fully saturated rings. The standard InChI is InChI=1S/C20H26N8O3S/c1-3-31-19-26-28(25-15-7-10-27(13-15)18-22-8-9-23-24-18)20(32-19,12-17(21)29)14-5-4-6-16(11-14)30-2/h4-6,8-9,11,15,25H,3,7,10,12-13H2,1-2H3,(H2,21,29)/t15-,20?/m1/s1. The normalized spacial score (nSPS) is 22.7. The smallest absolute Gasteiger partial charge is 0.271 e. The van der Waals surface area contributed by atoms with Crippen LogP contribution in [0.2, 0.25) is 0 Å². The number of thioether (sulfide) groups is 1. The molecule has 0 spiro atoms. The van der Waals surface area contributed by atoms with Gasteiger partial charge >= 0.3 is 0 Å². The first-order valence-corrected chi connectivity index (χ1v) is 11.1. The van der Waals surface area contributed by atoms with Crippen LogP contribution in [0.4, 0.5) is 5.95 Å². The highest BCUT2D eigenvalue weighted by Crippen LogP contribution is 2.48. The van der Waals surface area contributed by atoms with Crippen LogP contribution in [0, 0.1) is 0 Å². The van der Waals surface area contributed by atoms with Gasteiger partial charge in [-0.25, -0.2) is 15.5 Å². The Kier molecular flexibility index (Phi) is 6.61. The molecular formula is C20H26N8O3S. The summed E-state index contributed by atoms with van der Waals surface area (Å²) < 4.78 is 11.1. The topological polar surface area (TPSA) is 131 Å². The van der Waals surface area contributed by atoms with E-state index < -0.39 is 10.8 Å². The van der Waals surface area contributed by atoms with Crippen LogP contribution in [0.25, 0.3) is 0 Å². The quantitative estimate of drug-likeness (QED) is 0.592. The molecule has 4 rings (SSSR count). The Morgan fingerprint density at radius 3 is 3.00 bits per heavy atom. The second-order valence-electron chi connectivity index (χ2n) is 7.38. The molecule has 170 valence electrons. The molecule has 1 aromatic heterocycles. The van der Waals surface area contributed by atoms with Crippen molar-refractivity contribution in [3.05, 3.63) is 42.2 Å². The maximum Gasteiger partial charge on any atom is 0.271 e. The number of aromatic nitrogens is 3. The fourth-order valence-corrected chi connectivity index (χ4v) is 5.02. The Balaban J connectivity index is 1.62. The first kappa shape index (κ1) is 22.1. The minimum Gasteiger partial charge on any atom is -0.497 e. The molecule has 2 aliphatic rings. The predicted octanol–water partition coefficient (Wildman–Crippen LogP) is 1.05. The Morgan fingerprint density at radius 1 is 1.41 bits per heavy atom. The summed E-state index contributed by atoms with van der Waals surface area (Å²) in [5.74, 6) is 0.816. The van der Waals surface area contributed by atoms with Gasteiger partial charge in [-0.2, -0.15) is 5.10 Å². The molecule has 1 saturated heterocycles. The van der Waals surface area contributed by atoms with Gasteiger partial charge in [-0.15, -0.1) is 10.2 Å². The number of nitrogens with zero attached hydrogens (tertiary/aromatic N) is 6. The van der Waals surface area contributed by atoms with Crippen molar-refractivity contribution in [3.63, 3.8) is 0 Å². The van der Waals surface area contributed by atoms with Gasteiger partial charge in [-0.3, -0.25) is 4.79 Å². The number of hydrazone groups is 1. The van der Waals surface area contributed by atoms with Gasteiger partial charge in [0.2, 0.25) is 11.9 Å². The third-order valence-electron chi connectivity index (χ3n) is 5.23. The number of nitrogens with one attached hydrogen (secondary N) is 1.